The lowest BCUT2D eigenvalue weighted by atomic mass is 10.1. The van der Waals surface area contributed by atoms with Crippen LogP contribution in [0.15, 0.2) is 24.3 Å². The van der Waals surface area contributed by atoms with Gasteiger partial charge in [-0.3, -0.25) is 0 Å². The van der Waals surface area contributed by atoms with E-state index in [9.17, 15) is 5.11 Å². The molecule has 2 aromatic rings. The Bertz CT molecular complexity index is 490. The number of aliphatic hydroxyl groups is 1. The van der Waals surface area contributed by atoms with E-state index in [1.165, 1.54) is 0 Å². The maximum atomic E-state index is 9.93. The first-order valence-corrected chi connectivity index (χ1v) is 6.30. The fourth-order valence-corrected chi connectivity index (χ4v) is 2.13. The third kappa shape index (κ3) is 2.67. The molecule has 0 aliphatic rings. The van der Waals surface area contributed by atoms with E-state index in [1.54, 1.807) is 0 Å². The fraction of sp³-hybridized carbons (Fsp3) is 0.500. The van der Waals surface area contributed by atoms with E-state index in [2.05, 4.69) is 22.5 Å². The first-order chi connectivity index (χ1) is 8.22. The zero-order valence-corrected chi connectivity index (χ0v) is 10.6. The molecule has 0 aliphatic heterocycles. The summed E-state index contributed by atoms with van der Waals surface area (Å²) in [6, 6.07) is 8.08. The average molecular weight is 232 g/mol. The highest BCUT2D eigenvalue weighted by atomic mass is 16.3. The molecule has 3 heteroatoms. The molecular weight excluding hydrogens is 212 g/mol. The number of aromatic nitrogens is 2. The number of aliphatic hydroxyl groups excluding tert-OH is 1. The lowest BCUT2D eigenvalue weighted by molar-refractivity contribution is 0.158. The number of nitrogens with zero attached hydrogens (tertiary/aromatic N) is 2. The molecule has 3 nitrogen and oxygen atoms in total. The van der Waals surface area contributed by atoms with E-state index in [0.717, 1.165) is 36.1 Å². The summed E-state index contributed by atoms with van der Waals surface area (Å²) in [5.41, 5.74) is 2.14. The van der Waals surface area contributed by atoms with E-state index in [0.29, 0.717) is 6.42 Å². The van der Waals surface area contributed by atoms with E-state index < -0.39 is 0 Å². The quantitative estimate of drug-likeness (QED) is 0.860. The highest BCUT2D eigenvalue weighted by Crippen LogP contribution is 2.16. The van der Waals surface area contributed by atoms with Crippen molar-refractivity contribution in [1.29, 1.82) is 0 Å². The Morgan fingerprint density at radius 3 is 2.82 bits per heavy atom. The van der Waals surface area contributed by atoms with Gasteiger partial charge >= 0.3 is 0 Å². The van der Waals surface area contributed by atoms with Crippen molar-refractivity contribution >= 4 is 11.0 Å². The third-order valence-electron chi connectivity index (χ3n) is 3.19. The molecule has 0 saturated heterocycles. The van der Waals surface area contributed by atoms with E-state index >= 15 is 0 Å². The normalized spacial score (nSPS) is 13.1. The molecule has 0 bridgehead atoms. The molecule has 1 unspecified atom stereocenters. The Balaban J connectivity index is 2.16. The van der Waals surface area contributed by atoms with Crippen LogP contribution in [-0.2, 0) is 13.5 Å². The van der Waals surface area contributed by atoms with Crippen LogP contribution >= 0.6 is 0 Å². The zero-order valence-electron chi connectivity index (χ0n) is 10.6. The summed E-state index contributed by atoms with van der Waals surface area (Å²) >= 11 is 0. The molecule has 1 heterocycles. The van der Waals surface area contributed by atoms with Gasteiger partial charge in [-0.1, -0.05) is 31.9 Å². The van der Waals surface area contributed by atoms with Crippen molar-refractivity contribution < 1.29 is 5.11 Å². The Hall–Kier alpha value is -1.35. The molecule has 17 heavy (non-hydrogen) atoms. The van der Waals surface area contributed by atoms with Crippen molar-refractivity contribution in [1.82, 2.24) is 9.55 Å². The Kier molecular flexibility index (Phi) is 3.79. The van der Waals surface area contributed by atoms with Gasteiger partial charge in [0, 0.05) is 13.5 Å². The highest BCUT2D eigenvalue weighted by Gasteiger charge is 2.11. The molecular formula is C14H20N2O. The average Bonchev–Trinajstić information content (AvgIpc) is 2.64. The smallest absolute Gasteiger partial charge is 0.112 e. The number of rotatable bonds is 5. The lowest BCUT2D eigenvalue weighted by Gasteiger charge is -2.09. The van der Waals surface area contributed by atoms with Gasteiger partial charge in [0.2, 0.25) is 0 Å². The molecule has 1 aromatic heterocycles. The van der Waals surface area contributed by atoms with Crippen LogP contribution in [0.25, 0.3) is 11.0 Å². The highest BCUT2D eigenvalue weighted by molar-refractivity contribution is 5.75. The first kappa shape index (κ1) is 12.1. The number of imidazole rings is 1. The molecule has 2 rings (SSSR count). The second-order valence-corrected chi connectivity index (χ2v) is 4.58. The van der Waals surface area contributed by atoms with Gasteiger partial charge in [0.05, 0.1) is 17.1 Å². The molecule has 0 saturated carbocycles. The molecule has 1 N–H and O–H groups in total. The van der Waals surface area contributed by atoms with Gasteiger partial charge in [-0.25, -0.2) is 4.98 Å². The van der Waals surface area contributed by atoms with Gasteiger partial charge in [0.15, 0.2) is 0 Å². The minimum Gasteiger partial charge on any atom is -0.393 e. The number of aryl methyl sites for hydroxylation is 1. The molecule has 0 spiro atoms. The van der Waals surface area contributed by atoms with Crippen molar-refractivity contribution in [3.05, 3.63) is 30.1 Å². The minimum absolute atomic E-state index is 0.273. The summed E-state index contributed by atoms with van der Waals surface area (Å²) < 4.78 is 2.07. The summed E-state index contributed by atoms with van der Waals surface area (Å²) in [6.45, 7) is 2.14. The van der Waals surface area contributed by atoms with Crippen molar-refractivity contribution in [2.24, 2.45) is 7.05 Å². The van der Waals surface area contributed by atoms with Crippen LogP contribution in [0.5, 0.6) is 0 Å². The van der Waals surface area contributed by atoms with Crippen molar-refractivity contribution in [3.8, 4) is 0 Å². The van der Waals surface area contributed by atoms with Crippen molar-refractivity contribution in [3.63, 3.8) is 0 Å². The molecule has 0 amide bonds. The second kappa shape index (κ2) is 5.32. The Labute approximate surface area is 102 Å². The zero-order chi connectivity index (χ0) is 12.3. The van der Waals surface area contributed by atoms with Gasteiger partial charge < -0.3 is 9.67 Å². The number of fused-ring (bicyclic) bond motifs is 1. The first-order valence-electron chi connectivity index (χ1n) is 6.30. The predicted molar refractivity (Wildman–Crippen MR) is 69.9 cm³/mol. The van der Waals surface area contributed by atoms with Crippen LogP contribution in [0.1, 0.15) is 32.0 Å². The number of benzene rings is 1. The van der Waals surface area contributed by atoms with Crippen LogP contribution in [0.4, 0.5) is 0 Å². The Morgan fingerprint density at radius 2 is 2.12 bits per heavy atom. The minimum atomic E-state index is -0.273. The monoisotopic (exact) mass is 232 g/mol. The fourth-order valence-electron chi connectivity index (χ4n) is 2.13. The summed E-state index contributed by atoms with van der Waals surface area (Å²) in [5.74, 6) is 0.967. The van der Waals surface area contributed by atoms with E-state index in [-0.39, 0.29) is 6.10 Å². The SMILES string of the molecule is CCCCC(O)Cc1nc2ccccc2n1C. The van der Waals surface area contributed by atoms with Crippen LogP contribution in [-0.4, -0.2) is 20.8 Å². The predicted octanol–water partition coefficient (Wildman–Crippen LogP) is 2.67. The van der Waals surface area contributed by atoms with Crippen LogP contribution < -0.4 is 0 Å². The number of para-hydroxylation sites is 2. The number of hydrogen-bond donors (Lipinski definition) is 1. The van der Waals surface area contributed by atoms with Gasteiger partial charge in [-0.15, -0.1) is 0 Å². The van der Waals surface area contributed by atoms with Gasteiger partial charge in [-0.05, 0) is 18.6 Å². The van der Waals surface area contributed by atoms with Crippen LogP contribution in [0.2, 0.25) is 0 Å². The van der Waals surface area contributed by atoms with Crippen LogP contribution in [0, 0.1) is 0 Å². The number of hydrogen-bond acceptors (Lipinski definition) is 2. The molecule has 1 atom stereocenters. The molecule has 1 aromatic carbocycles. The molecule has 0 fully saturated rings. The Morgan fingerprint density at radius 1 is 1.35 bits per heavy atom. The summed E-state index contributed by atoms with van der Waals surface area (Å²) in [6.07, 6.45) is 3.43. The van der Waals surface area contributed by atoms with Crippen molar-refractivity contribution in [2.45, 2.75) is 38.7 Å². The molecule has 0 radical (unpaired) electrons. The topological polar surface area (TPSA) is 38.1 Å². The van der Waals surface area contributed by atoms with Crippen molar-refractivity contribution in [2.75, 3.05) is 0 Å². The van der Waals surface area contributed by atoms with Gasteiger partial charge in [-0.2, -0.15) is 0 Å². The summed E-state index contributed by atoms with van der Waals surface area (Å²) in [5, 5.41) is 9.93. The summed E-state index contributed by atoms with van der Waals surface area (Å²) in [4.78, 5) is 4.56. The standard InChI is InChI=1S/C14H20N2O/c1-3-4-7-11(17)10-14-15-12-8-5-6-9-13(12)16(14)2/h5-6,8-9,11,17H,3-4,7,10H2,1-2H3. The lowest BCUT2D eigenvalue weighted by Crippen LogP contribution is -2.13. The largest absolute Gasteiger partial charge is 0.393 e. The maximum Gasteiger partial charge on any atom is 0.112 e. The summed E-state index contributed by atoms with van der Waals surface area (Å²) in [7, 11) is 2.01. The van der Waals surface area contributed by atoms with E-state index in [1.807, 2.05) is 25.2 Å². The number of unbranched alkanes of at least 4 members (excludes halogenated alkanes) is 1. The third-order valence-corrected chi connectivity index (χ3v) is 3.19. The maximum absolute atomic E-state index is 9.93. The van der Waals surface area contributed by atoms with Gasteiger partial charge in [0.1, 0.15) is 5.82 Å². The molecule has 0 aliphatic carbocycles. The molecule has 92 valence electrons. The van der Waals surface area contributed by atoms with Crippen LogP contribution in [0.3, 0.4) is 0 Å². The van der Waals surface area contributed by atoms with Gasteiger partial charge in [0.25, 0.3) is 0 Å². The van der Waals surface area contributed by atoms with E-state index in [4.69, 9.17) is 0 Å². The second-order valence-electron chi connectivity index (χ2n) is 4.58.